The molecule has 1 aliphatic carbocycles. The average molecular weight is 186 g/mol. The smallest absolute Gasteiger partial charge is 0.404 e. The molecule has 0 bridgehead atoms. The maximum Gasteiger partial charge on any atom is 0.404 e. The van der Waals surface area contributed by atoms with Gasteiger partial charge in [0.2, 0.25) is 5.91 Å². The minimum absolute atomic E-state index is 0.108. The van der Waals surface area contributed by atoms with E-state index in [1.165, 1.54) is 0 Å². The van der Waals surface area contributed by atoms with E-state index in [2.05, 4.69) is 5.32 Å². The van der Waals surface area contributed by atoms with Crippen LogP contribution in [0.2, 0.25) is 0 Å². The lowest BCUT2D eigenvalue weighted by Gasteiger charge is -2.26. The monoisotopic (exact) mass is 186 g/mol. The summed E-state index contributed by atoms with van der Waals surface area (Å²) in [5.41, 5.74) is 5.15. The molecule has 13 heavy (non-hydrogen) atoms. The number of carbonyl (C=O) groups excluding carboxylic acids is 1. The number of amides is 2. The van der Waals surface area contributed by atoms with Crippen LogP contribution in [0.25, 0.3) is 0 Å². The summed E-state index contributed by atoms with van der Waals surface area (Å²) in [5.74, 6) is -0.484. The molecule has 1 fully saturated rings. The van der Waals surface area contributed by atoms with Crippen LogP contribution in [0.5, 0.6) is 0 Å². The molecule has 1 rings (SSSR count). The molecule has 0 radical (unpaired) electrons. The van der Waals surface area contributed by atoms with E-state index in [1.54, 1.807) is 0 Å². The number of rotatable bonds is 2. The zero-order valence-electron chi connectivity index (χ0n) is 7.32. The van der Waals surface area contributed by atoms with Gasteiger partial charge in [0, 0.05) is 12.0 Å². The number of nitrogens with two attached hydrogens (primary N) is 1. The summed E-state index contributed by atoms with van der Waals surface area (Å²) >= 11 is 0. The largest absolute Gasteiger partial charge is 0.465 e. The topological polar surface area (TPSA) is 92.4 Å². The van der Waals surface area contributed by atoms with Crippen molar-refractivity contribution >= 4 is 12.0 Å². The van der Waals surface area contributed by atoms with Gasteiger partial charge in [0.15, 0.2) is 0 Å². The first-order valence-corrected chi connectivity index (χ1v) is 4.38. The highest BCUT2D eigenvalue weighted by molar-refractivity contribution is 5.76. The second-order valence-corrected chi connectivity index (χ2v) is 3.41. The van der Waals surface area contributed by atoms with Gasteiger partial charge < -0.3 is 16.2 Å². The first-order valence-electron chi connectivity index (χ1n) is 4.38. The van der Waals surface area contributed by atoms with E-state index in [1.807, 2.05) is 0 Å². The van der Waals surface area contributed by atoms with E-state index in [4.69, 9.17) is 10.8 Å². The highest BCUT2D eigenvalue weighted by Gasteiger charge is 2.26. The fourth-order valence-corrected chi connectivity index (χ4v) is 1.75. The third kappa shape index (κ3) is 2.93. The summed E-state index contributed by atoms with van der Waals surface area (Å²) in [7, 11) is 0. The van der Waals surface area contributed by atoms with Crippen LogP contribution in [0.15, 0.2) is 0 Å². The maximum atomic E-state index is 10.8. The van der Waals surface area contributed by atoms with Crippen molar-refractivity contribution in [2.75, 3.05) is 0 Å². The van der Waals surface area contributed by atoms with Gasteiger partial charge in [-0.3, -0.25) is 4.79 Å². The van der Waals surface area contributed by atoms with Crippen LogP contribution in [0.4, 0.5) is 4.79 Å². The maximum absolute atomic E-state index is 10.8. The van der Waals surface area contributed by atoms with E-state index in [9.17, 15) is 9.59 Å². The Morgan fingerprint density at radius 2 is 2.08 bits per heavy atom. The summed E-state index contributed by atoms with van der Waals surface area (Å²) in [6, 6.07) is -0.108. The molecule has 2 atom stereocenters. The van der Waals surface area contributed by atoms with Crippen LogP contribution >= 0.6 is 0 Å². The Morgan fingerprint density at radius 1 is 1.38 bits per heavy atom. The third-order valence-electron chi connectivity index (χ3n) is 2.40. The first-order chi connectivity index (χ1) is 6.09. The van der Waals surface area contributed by atoms with Gasteiger partial charge >= 0.3 is 6.09 Å². The van der Waals surface area contributed by atoms with Gasteiger partial charge in [-0.15, -0.1) is 0 Å². The molecule has 2 amide bonds. The Morgan fingerprint density at radius 3 is 2.62 bits per heavy atom. The van der Waals surface area contributed by atoms with Crippen molar-refractivity contribution < 1.29 is 14.7 Å². The first kappa shape index (κ1) is 9.83. The van der Waals surface area contributed by atoms with Gasteiger partial charge in [0.05, 0.1) is 0 Å². The Balaban J connectivity index is 2.41. The zero-order chi connectivity index (χ0) is 9.84. The molecule has 5 heteroatoms. The van der Waals surface area contributed by atoms with Crippen LogP contribution in [0.3, 0.4) is 0 Å². The van der Waals surface area contributed by atoms with Crippen molar-refractivity contribution in [3.63, 3.8) is 0 Å². The van der Waals surface area contributed by atoms with Gasteiger partial charge in [0.1, 0.15) is 0 Å². The van der Waals surface area contributed by atoms with Gasteiger partial charge in [-0.1, -0.05) is 6.42 Å². The number of primary amides is 1. The molecule has 0 aliphatic heterocycles. The van der Waals surface area contributed by atoms with Crippen LogP contribution in [-0.2, 0) is 4.79 Å². The predicted molar refractivity (Wildman–Crippen MR) is 46.1 cm³/mol. The van der Waals surface area contributed by atoms with Crippen molar-refractivity contribution in [3.05, 3.63) is 0 Å². The molecule has 4 N–H and O–H groups in total. The second-order valence-electron chi connectivity index (χ2n) is 3.41. The number of hydrogen-bond donors (Lipinski definition) is 3. The molecular weight excluding hydrogens is 172 g/mol. The number of nitrogens with one attached hydrogen (secondary N) is 1. The van der Waals surface area contributed by atoms with Gasteiger partial charge in [-0.05, 0) is 19.3 Å². The number of carboxylic acid groups (broad SMARTS) is 1. The number of carbonyl (C=O) groups is 2. The van der Waals surface area contributed by atoms with Crippen molar-refractivity contribution in [2.24, 2.45) is 11.7 Å². The van der Waals surface area contributed by atoms with E-state index >= 15 is 0 Å². The standard InChI is InChI=1S/C8H14N2O3/c9-7(11)5-2-1-3-6(4-5)10-8(12)13/h5-6,10H,1-4H2,(H2,9,11)(H,12,13)/t5-,6+/m1/s1. The lowest BCUT2D eigenvalue weighted by atomic mass is 9.85. The Hall–Kier alpha value is -1.26. The highest BCUT2D eigenvalue weighted by atomic mass is 16.4. The predicted octanol–water partition coefficient (Wildman–Crippen LogP) is 0.298. The summed E-state index contributed by atoms with van der Waals surface area (Å²) in [5, 5.41) is 10.8. The van der Waals surface area contributed by atoms with E-state index < -0.39 is 6.09 Å². The molecule has 0 aromatic heterocycles. The summed E-state index contributed by atoms with van der Waals surface area (Å²) in [4.78, 5) is 21.1. The molecule has 0 heterocycles. The minimum Gasteiger partial charge on any atom is -0.465 e. The summed E-state index contributed by atoms with van der Waals surface area (Å²) in [6.45, 7) is 0. The lowest BCUT2D eigenvalue weighted by Crippen LogP contribution is -2.40. The van der Waals surface area contributed by atoms with Crippen LogP contribution in [-0.4, -0.2) is 23.1 Å². The molecular formula is C8H14N2O3. The Kier molecular flexibility index (Phi) is 3.11. The highest BCUT2D eigenvalue weighted by Crippen LogP contribution is 2.23. The fourth-order valence-electron chi connectivity index (χ4n) is 1.75. The fraction of sp³-hybridized carbons (Fsp3) is 0.750. The van der Waals surface area contributed by atoms with E-state index in [0.29, 0.717) is 6.42 Å². The molecule has 0 unspecified atom stereocenters. The minimum atomic E-state index is -1.03. The molecule has 1 saturated carbocycles. The molecule has 74 valence electrons. The van der Waals surface area contributed by atoms with Crippen LogP contribution < -0.4 is 11.1 Å². The number of hydrogen-bond acceptors (Lipinski definition) is 2. The molecule has 1 aliphatic rings. The van der Waals surface area contributed by atoms with Gasteiger partial charge in [-0.2, -0.15) is 0 Å². The van der Waals surface area contributed by atoms with Crippen LogP contribution in [0.1, 0.15) is 25.7 Å². The van der Waals surface area contributed by atoms with Gasteiger partial charge in [-0.25, -0.2) is 4.79 Å². The average Bonchev–Trinajstić information content (AvgIpc) is 2.03. The summed E-state index contributed by atoms with van der Waals surface area (Å²) in [6.07, 6.45) is 1.96. The molecule has 5 nitrogen and oxygen atoms in total. The third-order valence-corrected chi connectivity index (χ3v) is 2.40. The van der Waals surface area contributed by atoms with Crippen molar-refractivity contribution in [1.29, 1.82) is 0 Å². The molecule has 0 saturated heterocycles. The SMILES string of the molecule is NC(=O)[C@@H]1CCC[C@H](NC(=O)O)C1. The summed E-state index contributed by atoms with van der Waals surface area (Å²) < 4.78 is 0. The van der Waals surface area contributed by atoms with Crippen LogP contribution in [0, 0.1) is 5.92 Å². The Bertz CT molecular complexity index is 217. The normalized spacial score (nSPS) is 28.0. The van der Waals surface area contributed by atoms with Gasteiger partial charge in [0.25, 0.3) is 0 Å². The Labute approximate surface area is 76.3 Å². The zero-order valence-corrected chi connectivity index (χ0v) is 7.32. The van der Waals surface area contributed by atoms with E-state index in [-0.39, 0.29) is 17.9 Å². The lowest BCUT2D eigenvalue weighted by molar-refractivity contribution is -0.122. The quantitative estimate of drug-likeness (QED) is 0.579. The molecule has 0 aromatic carbocycles. The van der Waals surface area contributed by atoms with E-state index in [0.717, 1.165) is 19.3 Å². The molecule has 0 aromatic rings. The second kappa shape index (κ2) is 4.11. The van der Waals surface area contributed by atoms with Crippen molar-refractivity contribution in [1.82, 2.24) is 5.32 Å². The molecule has 0 spiro atoms. The van der Waals surface area contributed by atoms with Crippen molar-refractivity contribution in [2.45, 2.75) is 31.7 Å². The van der Waals surface area contributed by atoms with Crippen molar-refractivity contribution in [3.8, 4) is 0 Å².